The van der Waals surface area contributed by atoms with Gasteiger partial charge < -0.3 is 15.4 Å². The molecule has 1 atom stereocenters. The highest BCUT2D eigenvalue weighted by molar-refractivity contribution is 9.10. The Kier molecular flexibility index (Phi) is 7.72. The number of carbonyl (C=O) groups excluding carboxylic acids is 3. The third-order valence-corrected chi connectivity index (χ3v) is 4.50. The zero-order valence-electron chi connectivity index (χ0n) is 17.7. The van der Waals surface area contributed by atoms with Gasteiger partial charge in [0, 0.05) is 16.2 Å². The summed E-state index contributed by atoms with van der Waals surface area (Å²) in [6.45, 7) is 8.85. The van der Waals surface area contributed by atoms with Crippen molar-refractivity contribution in [3.8, 4) is 0 Å². The van der Waals surface area contributed by atoms with Crippen LogP contribution in [0.15, 0.2) is 47.1 Å². The molecule has 1 heterocycles. The number of amides is 2. The molecule has 2 rings (SSSR count). The highest BCUT2D eigenvalue weighted by Crippen LogP contribution is 2.24. The molecule has 1 aromatic heterocycles. The molecule has 7 nitrogen and oxygen atoms in total. The number of ketones is 1. The van der Waals surface area contributed by atoms with Crippen molar-refractivity contribution in [2.75, 3.05) is 5.32 Å². The average molecular weight is 476 g/mol. The Labute approximate surface area is 184 Å². The Hall–Kier alpha value is -2.74. The molecule has 2 N–H and O–H groups in total. The van der Waals surface area contributed by atoms with E-state index in [1.807, 2.05) is 13.8 Å². The van der Waals surface area contributed by atoms with Gasteiger partial charge in [0.1, 0.15) is 17.3 Å². The zero-order valence-corrected chi connectivity index (χ0v) is 19.2. The third-order valence-electron chi connectivity index (χ3n) is 4.00. The van der Waals surface area contributed by atoms with Gasteiger partial charge in [0.05, 0.1) is 5.69 Å². The number of halogens is 1. The normalized spacial score (nSPS) is 12.2. The van der Waals surface area contributed by atoms with Gasteiger partial charge in [-0.15, -0.1) is 0 Å². The molecule has 0 bridgehead atoms. The molecule has 0 aliphatic carbocycles. The molecule has 2 amide bonds. The van der Waals surface area contributed by atoms with E-state index < -0.39 is 23.6 Å². The number of carbonyl (C=O) groups is 3. The maximum Gasteiger partial charge on any atom is 0.408 e. The van der Waals surface area contributed by atoms with E-state index >= 15 is 0 Å². The van der Waals surface area contributed by atoms with Crippen LogP contribution in [0.1, 0.15) is 50.7 Å². The standard InChI is InChI=1S/C22H26BrN3O4/c1-13(2)18(26-21(29)30-22(3,4)5)20(28)25-16-10-9-14(23)12-15(16)19(27)17-8-6-7-11-24-17/h6-13,18H,1-5H3,(H,25,28)(H,26,29). The van der Waals surface area contributed by atoms with Gasteiger partial charge in [0.25, 0.3) is 0 Å². The van der Waals surface area contributed by atoms with Gasteiger partial charge in [0.2, 0.25) is 11.7 Å². The summed E-state index contributed by atoms with van der Waals surface area (Å²) in [7, 11) is 0. The molecular formula is C22H26BrN3O4. The van der Waals surface area contributed by atoms with Gasteiger partial charge in [-0.05, 0) is 57.0 Å². The molecule has 1 unspecified atom stereocenters. The van der Waals surface area contributed by atoms with Crippen molar-refractivity contribution >= 4 is 39.4 Å². The number of nitrogens with zero attached hydrogens (tertiary/aromatic N) is 1. The molecule has 30 heavy (non-hydrogen) atoms. The van der Waals surface area contributed by atoms with Crippen molar-refractivity contribution in [3.05, 3.63) is 58.3 Å². The summed E-state index contributed by atoms with van der Waals surface area (Å²) in [6.07, 6.45) is 0.847. The van der Waals surface area contributed by atoms with Crippen LogP contribution in [0.25, 0.3) is 0 Å². The van der Waals surface area contributed by atoms with Crippen LogP contribution in [0.3, 0.4) is 0 Å². The maximum absolute atomic E-state index is 12.9. The first-order valence-electron chi connectivity index (χ1n) is 9.53. The predicted octanol–water partition coefficient (Wildman–Crippen LogP) is 4.56. The van der Waals surface area contributed by atoms with E-state index in [0.717, 1.165) is 0 Å². The van der Waals surface area contributed by atoms with E-state index in [-0.39, 0.29) is 23.0 Å². The summed E-state index contributed by atoms with van der Waals surface area (Å²) < 4.78 is 5.94. The lowest BCUT2D eigenvalue weighted by Gasteiger charge is -2.25. The second-order valence-corrected chi connectivity index (χ2v) is 9.01. The van der Waals surface area contributed by atoms with Crippen LogP contribution in [0.2, 0.25) is 0 Å². The molecule has 8 heteroatoms. The summed E-state index contributed by atoms with van der Waals surface area (Å²) in [5.74, 6) is -0.982. The smallest absolute Gasteiger partial charge is 0.408 e. The second kappa shape index (κ2) is 9.84. The quantitative estimate of drug-likeness (QED) is 0.596. The van der Waals surface area contributed by atoms with Gasteiger partial charge in [0.15, 0.2) is 0 Å². The Bertz CT molecular complexity index is 924. The SMILES string of the molecule is CC(C)C(NC(=O)OC(C)(C)C)C(=O)Nc1ccc(Br)cc1C(=O)c1ccccn1. The summed E-state index contributed by atoms with van der Waals surface area (Å²) in [6, 6.07) is 9.17. The summed E-state index contributed by atoms with van der Waals surface area (Å²) in [4.78, 5) is 42.1. The Morgan fingerprint density at radius 2 is 1.80 bits per heavy atom. The Morgan fingerprint density at radius 1 is 1.10 bits per heavy atom. The van der Waals surface area contributed by atoms with Gasteiger partial charge in [-0.2, -0.15) is 0 Å². The fourth-order valence-corrected chi connectivity index (χ4v) is 2.99. The number of rotatable bonds is 6. The van der Waals surface area contributed by atoms with Gasteiger partial charge in [-0.1, -0.05) is 35.8 Å². The molecule has 0 spiro atoms. The summed E-state index contributed by atoms with van der Waals surface area (Å²) >= 11 is 3.36. The molecule has 0 aliphatic heterocycles. The van der Waals surface area contributed by atoms with Crippen molar-refractivity contribution < 1.29 is 19.1 Å². The molecular weight excluding hydrogens is 450 g/mol. The molecule has 0 saturated heterocycles. The number of nitrogens with one attached hydrogen (secondary N) is 2. The number of aromatic nitrogens is 1. The molecule has 2 aromatic rings. The van der Waals surface area contributed by atoms with Crippen LogP contribution in [0, 0.1) is 5.92 Å². The molecule has 160 valence electrons. The lowest BCUT2D eigenvalue weighted by Crippen LogP contribution is -2.48. The molecule has 0 fully saturated rings. The molecule has 1 aromatic carbocycles. The fourth-order valence-electron chi connectivity index (χ4n) is 2.63. The van der Waals surface area contributed by atoms with Crippen molar-refractivity contribution in [1.29, 1.82) is 0 Å². The predicted molar refractivity (Wildman–Crippen MR) is 118 cm³/mol. The van der Waals surface area contributed by atoms with Crippen LogP contribution in [-0.2, 0) is 9.53 Å². The van der Waals surface area contributed by atoms with E-state index in [0.29, 0.717) is 10.2 Å². The first kappa shape index (κ1) is 23.5. The maximum atomic E-state index is 12.9. The number of benzene rings is 1. The number of pyridine rings is 1. The van der Waals surface area contributed by atoms with Gasteiger partial charge in [-0.25, -0.2) is 4.79 Å². The van der Waals surface area contributed by atoms with Crippen LogP contribution in [0.5, 0.6) is 0 Å². The van der Waals surface area contributed by atoms with Gasteiger partial charge in [-0.3, -0.25) is 14.6 Å². The highest BCUT2D eigenvalue weighted by Gasteiger charge is 2.28. The Morgan fingerprint density at radius 3 is 2.37 bits per heavy atom. The van der Waals surface area contributed by atoms with Gasteiger partial charge >= 0.3 is 6.09 Å². The van der Waals surface area contributed by atoms with E-state index in [2.05, 4.69) is 31.5 Å². The van der Waals surface area contributed by atoms with E-state index in [1.54, 1.807) is 57.2 Å². The topological polar surface area (TPSA) is 97.4 Å². The van der Waals surface area contributed by atoms with E-state index in [4.69, 9.17) is 4.74 Å². The first-order chi connectivity index (χ1) is 14.0. The minimum absolute atomic E-state index is 0.206. The average Bonchev–Trinajstić information content (AvgIpc) is 2.66. The monoisotopic (exact) mass is 475 g/mol. The molecule has 0 radical (unpaired) electrons. The number of alkyl carbamates (subject to hydrolysis) is 1. The number of hydrogen-bond acceptors (Lipinski definition) is 5. The minimum atomic E-state index is -0.846. The van der Waals surface area contributed by atoms with E-state index in [1.165, 1.54) is 6.20 Å². The first-order valence-corrected chi connectivity index (χ1v) is 10.3. The third kappa shape index (κ3) is 6.66. The molecule has 0 saturated carbocycles. The minimum Gasteiger partial charge on any atom is -0.444 e. The van der Waals surface area contributed by atoms with Crippen molar-refractivity contribution in [1.82, 2.24) is 10.3 Å². The zero-order chi connectivity index (χ0) is 22.5. The number of anilines is 1. The second-order valence-electron chi connectivity index (χ2n) is 8.09. The van der Waals surface area contributed by atoms with Crippen molar-refractivity contribution in [2.24, 2.45) is 5.92 Å². The van der Waals surface area contributed by atoms with Crippen LogP contribution in [-0.4, -0.2) is 34.4 Å². The Balaban J connectivity index is 2.26. The van der Waals surface area contributed by atoms with Crippen LogP contribution in [0.4, 0.5) is 10.5 Å². The highest BCUT2D eigenvalue weighted by atomic mass is 79.9. The fraction of sp³-hybridized carbons (Fsp3) is 0.364. The van der Waals surface area contributed by atoms with E-state index in [9.17, 15) is 14.4 Å². The lowest BCUT2D eigenvalue weighted by molar-refractivity contribution is -0.119. The molecule has 0 aliphatic rings. The number of hydrogen-bond donors (Lipinski definition) is 2. The number of ether oxygens (including phenoxy) is 1. The lowest BCUT2D eigenvalue weighted by atomic mass is 10.0. The van der Waals surface area contributed by atoms with Crippen LogP contribution >= 0.6 is 15.9 Å². The summed E-state index contributed by atoms with van der Waals surface area (Å²) in [5, 5.41) is 5.36. The van der Waals surface area contributed by atoms with Crippen molar-refractivity contribution in [2.45, 2.75) is 46.3 Å². The van der Waals surface area contributed by atoms with Crippen molar-refractivity contribution in [3.63, 3.8) is 0 Å². The summed E-state index contributed by atoms with van der Waals surface area (Å²) in [5.41, 5.74) is 0.195. The van der Waals surface area contributed by atoms with Crippen LogP contribution < -0.4 is 10.6 Å². The largest absolute Gasteiger partial charge is 0.444 e.